The molecule has 0 fully saturated rings. The highest BCUT2D eigenvalue weighted by atomic mass is 32.2. The van der Waals surface area contributed by atoms with E-state index in [4.69, 9.17) is 0 Å². The van der Waals surface area contributed by atoms with E-state index in [9.17, 15) is 14.7 Å². The first-order valence-corrected chi connectivity index (χ1v) is 15.7. The summed E-state index contributed by atoms with van der Waals surface area (Å²) in [4.78, 5) is 26.2. The molecule has 0 atom stereocenters. The average molecular weight is 580 g/mol. The molecule has 0 aliphatic heterocycles. The van der Waals surface area contributed by atoms with Gasteiger partial charge in [0.25, 0.3) is 5.91 Å². The number of nitrogens with zero attached hydrogens (tertiary/aromatic N) is 1. The van der Waals surface area contributed by atoms with E-state index in [0.29, 0.717) is 31.9 Å². The molecule has 0 heterocycles. The van der Waals surface area contributed by atoms with Gasteiger partial charge in [-0.2, -0.15) is 0 Å². The largest absolute Gasteiger partial charge is 0.507 e. The standard InChI is InChI=1S/C34H49N3O3S/c1-3-4-5-6-7-8-9-10-11-12-13-14-15-16-17-18-19-22-29-41-30-33(39)35-25-27-37(2)28-26-36-34(40)31-23-20-21-24-32(31)38/h4-5,7-8,10-11,13-14,16-17,19-24,38H,3,6,9,12,15,18,25-30H2,1-2H3,(H,35,39)(H,36,40)/b5-4-,8-7-,11-10-,14-13-,17-16-,22-19-. The number of phenolic OH excluding ortho intramolecular Hbond substituents is 1. The van der Waals surface area contributed by atoms with Crippen molar-refractivity contribution in [2.75, 3.05) is 44.7 Å². The van der Waals surface area contributed by atoms with Crippen LogP contribution in [0.2, 0.25) is 0 Å². The summed E-state index contributed by atoms with van der Waals surface area (Å²) in [6.07, 6.45) is 32.1. The smallest absolute Gasteiger partial charge is 0.255 e. The molecular weight excluding hydrogens is 530 g/mol. The van der Waals surface area contributed by atoms with Crippen LogP contribution in [0.4, 0.5) is 0 Å². The first kappa shape index (κ1) is 35.7. The number of rotatable bonds is 22. The molecule has 0 unspecified atom stereocenters. The first-order chi connectivity index (χ1) is 20.0. The number of allylic oxidation sites excluding steroid dienone is 11. The summed E-state index contributed by atoms with van der Waals surface area (Å²) in [5.41, 5.74) is 0.268. The second-order valence-corrected chi connectivity index (χ2v) is 10.4. The van der Waals surface area contributed by atoms with E-state index in [0.717, 1.165) is 44.3 Å². The maximum Gasteiger partial charge on any atom is 0.255 e. The Bertz CT molecular complexity index is 1030. The summed E-state index contributed by atoms with van der Waals surface area (Å²) in [5.74, 6) is 0.956. The maximum atomic E-state index is 12.1. The number of hydrogen-bond donors (Lipinski definition) is 3. The third kappa shape index (κ3) is 21.2. The normalized spacial score (nSPS) is 12.4. The van der Waals surface area contributed by atoms with Crippen molar-refractivity contribution in [1.82, 2.24) is 15.5 Å². The molecule has 6 nitrogen and oxygen atoms in total. The van der Waals surface area contributed by atoms with E-state index < -0.39 is 0 Å². The van der Waals surface area contributed by atoms with Gasteiger partial charge in [-0.3, -0.25) is 9.59 Å². The Morgan fingerprint density at radius 1 is 0.756 bits per heavy atom. The molecule has 0 aliphatic carbocycles. The molecule has 0 bridgehead atoms. The fourth-order valence-corrected chi connectivity index (χ4v) is 4.16. The topological polar surface area (TPSA) is 81.7 Å². The zero-order valence-corrected chi connectivity index (χ0v) is 25.7. The number of carbonyl (C=O) groups excluding carboxylic acids is 2. The lowest BCUT2D eigenvalue weighted by Gasteiger charge is -2.17. The van der Waals surface area contributed by atoms with Crippen molar-refractivity contribution in [3.05, 3.63) is 103 Å². The van der Waals surface area contributed by atoms with Gasteiger partial charge >= 0.3 is 0 Å². The van der Waals surface area contributed by atoms with Crippen LogP contribution >= 0.6 is 11.8 Å². The number of nitrogens with one attached hydrogen (secondary N) is 2. The molecule has 1 aromatic rings. The third-order valence-electron chi connectivity index (χ3n) is 5.79. The van der Waals surface area contributed by atoms with Crippen molar-refractivity contribution >= 4 is 23.6 Å². The Labute approximate surface area is 252 Å². The van der Waals surface area contributed by atoms with Crippen LogP contribution in [0.15, 0.2) is 97.2 Å². The Morgan fingerprint density at radius 2 is 1.24 bits per heavy atom. The zero-order valence-electron chi connectivity index (χ0n) is 24.8. The van der Waals surface area contributed by atoms with Crippen LogP contribution in [0, 0.1) is 0 Å². The molecular formula is C34H49N3O3S. The Morgan fingerprint density at radius 3 is 1.78 bits per heavy atom. The highest BCUT2D eigenvalue weighted by Gasteiger charge is 2.09. The number of carbonyl (C=O) groups is 2. The number of hydrogen-bond acceptors (Lipinski definition) is 5. The van der Waals surface area contributed by atoms with Crippen LogP contribution in [0.5, 0.6) is 5.75 Å². The summed E-state index contributed by atoms with van der Waals surface area (Å²) in [6.45, 7) is 4.50. The molecule has 0 saturated heterocycles. The van der Waals surface area contributed by atoms with Gasteiger partial charge in [-0.1, -0.05) is 92.0 Å². The van der Waals surface area contributed by atoms with Gasteiger partial charge in [-0.05, 0) is 57.7 Å². The molecule has 0 radical (unpaired) electrons. The van der Waals surface area contributed by atoms with Gasteiger partial charge in [0, 0.05) is 31.9 Å². The van der Waals surface area contributed by atoms with E-state index in [1.54, 1.807) is 30.0 Å². The summed E-state index contributed by atoms with van der Waals surface area (Å²) in [6, 6.07) is 6.47. The molecule has 0 saturated carbocycles. The number of aromatic hydroxyl groups is 1. The van der Waals surface area contributed by atoms with E-state index in [1.165, 1.54) is 6.07 Å². The molecule has 7 heteroatoms. The highest BCUT2D eigenvalue weighted by molar-refractivity contribution is 8.00. The van der Waals surface area contributed by atoms with Crippen molar-refractivity contribution < 1.29 is 14.7 Å². The van der Waals surface area contributed by atoms with Crippen LogP contribution in [0.25, 0.3) is 0 Å². The average Bonchev–Trinajstić information content (AvgIpc) is 2.96. The molecule has 1 rings (SSSR count). The minimum Gasteiger partial charge on any atom is -0.507 e. The number of benzene rings is 1. The second-order valence-electron chi connectivity index (χ2n) is 9.36. The van der Waals surface area contributed by atoms with E-state index in [2.05, 4.69) is 90.5 Å². The fourth-order valence-electron chi connectivity index (χ4n) is 3.48. The molecule has 2 amide bonds. The quantitative estimate of drug-likeness (QED) is 0.107. The van der Waals surface area contributed by atoms with E-state index in [1.807, 2.05) is 11.9 Å². The van der Waals surface area contributed by atoms with Crippen LogP contribution in [0.3, 0.4) is 0 Å². The molecule has 41 heavy (non-hydrogen) atoms. The summed E-state index contributed by atoms with van der Waals surface area (Å²) >= 11 is 1.60. The lowest BCUT2D eigenvalue weighted by atomic mass is 10.2. The number of likely N-dealkylation sites (N-methyl/N-ethyl adjacent to an activating group) is 1. The zero-order chi connectivity index (χ0) is 29.8. The third-order valence-corrected chi connectivity index (χ3v) is 6.68. The maximum absolute atomic E-state index is 12.1. The van der Waals surface area contributed by atoms with E-state index in [-0.39, 0.29) is 23.1 Å². The number of amides is 2. The molecule has 0 spiro atoms. The lowest BCUT2D eigenvalue weighted by molar-refractivity contribution is -0.118. The number of para-hydroxylation sites is 1. The van der Waals surface area contributed by atoms with Crippen LogP contribution in [-0.2, 0) is 4.79 Å². The summed E-state index contributed by atoms with van der Waals surface area (Å²) in [7, 11) is 1.94. The Kier molecular flexibility index (Phi) is 22.4. The second kappa shape index (κ2) is 25.7. The van der Waals surface area contributed by atoms with Gasteiger partial charge in [0.1, 0.15) is 5.75 Å². The minimum absolute atomic E-state index is 0.0280. The predicted octanol–water partition coefficient (Wildman–Crippen LogP) is 6.60. The SMILES string of the molecule is CC/C=C\C/C=C\C/C=C\C/C=C\C/C=C\C/C=C\CSCC(=O)NCCN(C)CCNC(=O)c1ccccc1O. The number of thioether (sulfide) groups is 1. The molecule has 3 N–H and O–H groups in total. The van der Waals surface area contributed by atoms with Crippen molar-refractivity contribution in [3.63, 3.8) is 0 Å². The van der Waals surface area contributed by atoms with Crippen molar-refractivity contribution in [2.24, 2.45) is 0 Å². The fraction of sp³-hybridized carbons (Fsp3) is 0.412. The monoisotopic (exact) mass is 579 g/mol. The van der Waals surface area contributed by atoms with Gasteiger partial charge < -0.3 is 20.6 Å². The van der Waals surface area contributed by atoms with Crippen LogP contribution in [-0.4, -0.2) is 66.6 Å². The van der Waals surface area contributed by atoms with E-state index >= 15 is 0 Å². The molecule has 0 aromatic heterocycles. The van der Waals surface area contributed by atoms with Gasteiger partial charge in [-0.25, -0.2) is 0 Å². The summed E-state index contributed by atoms with van der Waals surface area (Å²) < 4.78 is 0. The molecule has 224 valence electrons. The minimum atomic E-state index is -0.297. The Balaban J connectivity index is 1.97. The number of phenols is 1. The lowest BCUT2D eigenvalue weighted by Crippen LogP contribution is -2.38. The highest BCUT2D eigenvalue weighted by Crippen LogP contribution is 2.14. The van der Waals surface area contributed by atoms with Crippen molar-refractivity contribution in [3.8, 4) is 5.75 Å². The van der Waals surface area contributed by atoms with Gasteiger partial charge in [0.2, 0.25) is 5.91 Å². The summed E-state index contributed by atoms with van der Waals surface area (Å²) in [5, 5.41) is 15.5. The van der Waals surface area contributed by atoms with Gasteiger partial charge in [0.05, 0.1) is 11.3 Å². The van der Waals surface area contributed by atoms with Gasteiger partial charge in [0.15, 0.2) is 0 Å². The molecule has 0 aliphatic rings. The predicted molar refractivity (Wildman–Crippen MR) is 176 cm³/mol. The van der Waals surface area contributed by atoms with Crippen molar-refractivity contribution in [1.29, 1.82) is 0 Å². The first-order valence-electron chi connectivity index (χ1n) is 14.5. The van der Waals surface area contributed by atoms with Gasteiger partial charge in [-0.15, -0.1) is 11.8 Å². The van der Waals surface area contributed by atoms with Crippen LogP contribution in [0.1, 0.15) is 55.8 Å². The van der Waals surface area contributed by atoms with Crippen molar-refractivity contribution in [2.45, 2.75) is 45.4 Å². The van der Waals surface area contributed by atoms with Crippen LogP contribution < -0.4 is 10.6 Å². The molecule has 1 aromatic carbocycles. The Hall–Kier alpha value is -3.29.